The van der Waals surface area contributed by atoms with E-state index in [1.54, 1.807) is 6.20 Å². The Kier molecular flexibility index (Phi) is 3.83. The first-order chi connectivity index (χ1) is 9.83. The maximum Gasteiger partial charge on any atom is 0.0929 e. The molecule has 0 aliphatic rings. The number of aromatic nitrogens is 3. The van der Waals surface area contributed by atoms with Crippen molar-refractivity contribution in [2.75, 3.05) is 0 Å². The van der Waals surface area contributed by atoms with Gasteiger partial charge in [-0.05, 0) is 40.2 Å². The second-order valence-electron chi connectivity index (χ2n) is 4.38. The van der Waals surface area contributed by atoms with Gasteiger partial charge in [0.15, 0.2) is 0 Å². The molecule has 1 aromatic carbocycles. The van der Waals surface area contributed by atoms with Crippen molar-refractivity contribution in [3.05, 3.63) is 76.7 Å². The Morgan fingerprint density at radius 2 is 1.70 bits per heavy atom. The van der Waals surface area contributed by atoms with Gasteiger partial charge in [0.1, 0.15) is 0 Å². The minimum atomic E-state index is 0.670. The van der Waals surface area contributed by atoms with Crippen molar-refractivity contribution in [2.24, 2.45) is 0 Å². The lowest BCUT2D eigenvalue weighted by Gasteiger charge is -2.04. The second-order valence-corrected chi connectivity index (χ2v) is 5.24. The van der Waals surface area contributed by atoms with Gasteiger partial charge in [0.25, 0.3) is 0 Å². The molecule has 3 nitrogen and oxygen atoms in total. The maximum absolute atomic E-state index is 4.34. The molecule has 0 spiro atoms. The Morgan fingerprint density at radius 3 is 2.40 bits per heavy atom. The smallest absolute Gasteiger partial charge is 0.0929 e. The van der Waals surface area contributed by atoms with Gasteiger partial charge in [-0.15, -0.1) is 0 Å². The van der Waals surface area contributed by atoms with Crippen LogP contribution in [0.25, 0.3) is 11.3 Å². The van der Waals surface area contributed by atoms with Crippen LogP contribution in [0.1, 0.15) is 11.4 Å². The fraction of sp³-hybridized carbons (Fsp3) is 0.0625. The molecule has 0 saturated heterocycles. The van der Waals surface area contributed by atoms with Crippen molar-refractivity contribution in [3.8, 4) is 11.3 Å². The number of pyridine rings is 1. The summed E-state index contributed by atoms with van der Waals surface area (Å²) in [6.07, 6.45) is 2.45. The topological polar surface area (TPSA) is 38.7 Å². The first-order valence-electron chi connectivity index (χ1n) is 6.30. The molecular weight excluding hydrogens is 314 g/mol. The molecule has 2 heterocycles. The molecule has 0 amide bonds. The summed E-state index contributed by atoms with van der Waals surface area (Å²) in [5.74, 6) is 0. The fourth-order valence-corrected chi connectivity index (χ4v) is 2.33. The van der Waals surface area contributed by atoms with Gasteiger partial charge in [-0.2, -0.15) is 10.2 Å². The summed E-state index contributed by atoms with van der Waals surface area (Å²) in [5, 5.41) is 8.56. The van der Waals surface area contributed by atoms with E-state index in [1.165, 1.54) is 0 Å². The van der Waals surface area contributed by atoms with Gasteiger partial charge < -0.3 is 0 Å². The molecule has 0 bridgehead atoms. The molecule has 3 aromatic rings. The molecule has 0 aliphatic heterocycles. The SMILES string of the molecule is Brc1cccnc1Cc1ccc(-c2ccccc2)nn1. The van der Waals surface area contributed by atoms with Gasteiger partial charge in [0.2, 0.25) is 0 Å². The zero-order valence-electron chi connectivity index (χ0n) is 10.7. The van der Waals surface area contributed by atoms with Gasteiger partial charge in [-0.3, -0.25) is 4.98 Å². The summed E-state index contributed by atoms with van der Waals surface area (Å²) in [5.41, 5.74) is 3.83. The van der Waals surface area contributed by atoms with E-state index < -0.39 is 0 Å². The van der Waals surface area contributed by atoms with E-state index in [4.69, 9.17) is 0 Å². The minimum Gasteiger partial charge on any atom is -0.260 e. The quantitative estimate of drug-likeness (QED) is 0.733. The number of rotatable bonds is 3. The van der Waals surface area contributed by atoms with Crippen molar-refractivity contribution in [1.82, 2.24) is 15.2 Å². The van der Waals surface area contributed by atoms with Crippen molar-refractivity contribution in [2.45, 2.75) is 6.42 Å². The van der Waals surface area contributed by atoms with E-state index in [0.717, 1.165) is 27.1 Å². The van der Waals surface area contributed by atoms with Crippen molar-refractivity contribution in [1.29, 1.82) is 0 Å². The molecular formula is C16H12BrN3. The molecule has 0 aliphatic carbocycles. The lowest BCUT2D eigenvalue weighted by Crippen LogP contribution is -1.98. The number of nitrogens with zero attached hydrogens (tertiary/aromatic N) is 3. The zero-order chi connectivity index (χ0) is 13.8. The third kappa shape index (κ3) is 2.91. The van der Waals surface area contributed by atoms with Crippen LogP contribution in [0.15, 0.2) is 65.3 Å². The summed E-state index contributed by atoms with van der Waals surface area (Å²) in [6, 6.07) is 17.9. The first kappa shape index (κ1) is 12.9. The van der Waals surface area contributed by atoms with E-state index in [0.29, 0.717) is 6.42 Å². The van der Waals surface area contributed by atoms with Gasteiger partial charge >= 0.3 is 0 Å². The summed E-state index contributed by atoms with van der Waals surface area (Å²) in [4.78, 5) is 4.34. The molecule has 3 rings (SSSR count). The van der Waals surface area contributed by atoms with Crippen molar-refractivity contribution in [3.63, 3.8) is 0 Å². The average molecular weight is 326 g/mol. The first-order valence-corrected chi connectivity index (χ1v) is 7.09. The largest absolute Gasteiger partial charge is 0.260 e. The van der Waals surface area contributed by atoms with E-state index in [9.17, 15) is 0 Å². The Hall–Kier alpha value is -2.07. The number of benzene rings is 1. The zero-order valence-corrected chi connectivity index (χ0v) is 12.3. The molecule has 4 heteroatoms. The molecule has 0 unspecified atom stereocenters. The Morgan fingerprint density at radius 1 is 0.850 bits per heavy atom. The molecule has 20 heavy (non-hydrogen) atoms. The predicted octanol–water partition coefficient (Wildman–Crippen LogP) is 3.89. The fourth-order valence-electron chi connectivity index (χ4n) is 1.94. The van der Waals surface area contributed by atoms with Crippen LogP contribution >= 0.6 is 15.9 Å². The molecule has 0 atom stereocenters. The summed E-state index contributed by atoms with van der Waals surface area (Å²) in [6.45, 7) is 0. The highest BCUT2D eigenvalue weighted by atomic mass is 79.9. The number of hydrogen-bond donors (Lipinski definition) is 0. The van der Waals surface area contributed by atoms with Gasteiger partial charge in [0, 0.05) is 22.7 Å². The third-order valence-corrected chi connectivity index (χ3v) is 3.69. The van der Waals surface area contributed by atoms with Crippen LogP contribution in [-0.2, 0) is 6.42 Å². The standard InChI is InChI=1S/C16H12BrN3/c17-14-7-4-10-18-16(14)11-13-8-9-15(20-19-13)12-5-2-1-3-6-12/h1-10H,11H2. The van der Waals surface area contributed by atoms with Crippen LogP contribution in [0.5, 0.6) is 0 Å². The molecule has 98 valence electrons. The Balaban J connectivity index is 1.82. The highest BCUT2D eigenvalue weighted by molar-refractivity contribution is 9.10. The van der Waals surface area contributed by atoms with Crippen LogP contribution in [0.2, 0.25) is 0 Å². The Bertz CT molecular complexity index is 696. The van der Waals surface area contributed by atoms with Crippen LogP contribution in [0, 0.1) is 0 Å². The summed E-state index contributed by atoms with van der Waals surface area (Å²) < 4.78 is 0.994. The highest BCUT2D eigenvalue weighted by Gasteiger charge is 2.05. The van der Waals surface area contributed by atoms with Crippen LogP contribution in [0.3, 0.4) is 0 Å². The number of halogens is 1. The van der Waals surface area contributed by atoms with E-state index in [-0.39, 0.29) is 0 Å². The predicted molar refractivity (Wildman–Crippen MR) is 82.2 cm³/mol. The average Bonchev–Trinajstić information content (AvgIpc) is 2.51. The maximum atomic E-state index is 4.34. The van der Waals surface area contributed by atoms with Crippen LogP contribution in [-0.4, -0.2) is 15.2 Å². The monoisotopic (exact) mass is 325 g/mol. The minimum absolute atomic E-state index is 0.670. The Labute approximate surface area is 125 Å². The van der Waals surface area contributed by atoms with Gasteiger partial charge in [-0.25, -0.2) is 0 Å². The molecule has 0 N–H and O–H groups in total. The van der Waals surface area contributed by atoms with Crippen LogP contribution < -0.4 is 0 Å². The van der Waals surface area contributed by atoms with Gasteiger partial charge in [0.05, 0.1) is 17.1 Å². The van der Waals surface area contributed by atoms with Crippen molar-refractivity contribution >= 4 is 15.9 Å². The van der Waals surface area contributed by atoms with E-state index in [2.05, 4.69) is 31.1 Å². The third-order valence-electron chi connectivity index (χ3n) is 2.97. The highest BCUT2D eigenvalue weighted by Crippen LogP contribution is 2.18. The number of hydrogen-bond acceptors (Lipinski definition) is 3. The molecule has 2 aromatic heterocycles. The second kappa shape index (κ2) is 5.92. The van der Waals surface area contributed by atoms with Crippen molar-refractivity contribution < 1.29 is 0 Å². The normalized spacial score (nSPS) is 10.4. The lowest BCUT2D eigenvalue weighted by atomic mass is 10.1. The van der Waals surface area contributed by atoms with Gasteiger partial charge in [-0.1, -0.05) is 30.3 Å². The van der Waals surface area contributed by atoms with E-state index >= 15 is 0 Å². The molecule has 0 radical (unpaired) electrons. The summed E-state index contributed by atoms with van der Waals surface area (Å²) >= 11 is 3.49. The lowest BCUT2D eigenvalue weighted by molar-refractivity contribution is 0.918. The van der Waals surface area contributed by atoms with E-state index in [1.807, 2.05) is 54.6 Å². The van der Waals surface area contributed by atoms with Crippen LogP contribution in [0.4, 0.5) is 0 Å². The summed E-state index contributed by atoms with van der Waals surface area (Å²) in [7, 11) is 0. The molecule has 0 saturated carbocycles. The molecule has 0 fully saturated rings.